The molecule has 0 aromatic carbocycles. The minimum absolute atomic E-state index is 0.227. The van der Waals surface area contributed by atoms with Gasteiger partial charge in [-0.15, -0.1) is 11.3 Å². The number of nitrogens with zero attached hydrogens (tertiary/aromatic N) is 2. The molecule has 1 aromatic heterocycles. The molecule has 0 bridgehead atoms. The Morgan fingerprint density at radius 1 is 1.47 bits per heavy atom. The van der Waals surface area contributed by atoms with Crippen LogP contribution in [0.4, 0.5) is 0 Å². The van der Waals surface area contributed by atoms with Crippen LogP contribution in [0.2, 0.25) is 0 Å². The zero-order chi connectivity index (χ0) is 11.3. The van der Waals surface area contributed by atoms with E-state index in [1.54, 1.807) is 11.3 Å². The lowest BCUT2D eigenvalue weighted by molar-refractivity contribution is 0.283. The highest BCUT2D eigenvalue weighted by molar-refractivity contribution is 7.11. The number of rotatable bonds is 6. The summed E-state index contributed by atoms with van der Waals surface area (Å²) in [6, 6.07) is 0.227. The zero-order valence-corrected chi connectivity index (χ0v) is 10.7. The maximum atomic E-state index is 6.10. The van der Waals surface area contributed by atoms with Crippen LogP contribution in [0.5, 0.6) is 0 Å². The van der Waals surface area contributed by atoms with E-state index in [1.807, 2.05) is 13.1 Å². The van der Waals surface area contributed by atoms with Gasteiger partial charge < -0.3 is 10.6 Å². The van der Waals surface area contributed by atoms with Crippen molar-refractivity contribution in [2.45, 2.75) is 33.2 Å². The van der Waals surface area contributed by atoms with Gasteiger partial charge in [-0.05, 0) is 26.4 Å². The van der Waals surface area contributed by atoms with Crippen molar-refractivity contribution in [3.63, 3.8) is 0 Å². The van der Waals surface area contributed by atoms with Gasteiger partial charge in [-0.3, -0.25) is 0 Å². The fraction of sp³-hybridized carbons (Fsp3) is 0.727. The van der Waals surface area contributed by atoms with E-state index in [2.05, 4.69) is 23.7 Å². The quantitative estimate of drug-likeness (QED) is 0.804. The molecule has 0 amide bonds. The Morgan fingerprint density at radius 3 is 2.60 bits per heavy atom. The maximum Gasteiger partial charge on any atom is 0.0896 e. The van der Waals surface area contributed by atoms with E-state index < -0.39 is 0 Å². The number of thiazole rings is 1. The first-order valence-electron chi connectivity index (χ1n) is 5.55. The molecule has 4 heteroatoms. The van der Waals surface area contributed by atoms with Gasteiger partial charge in [0, 0.05) is 23.7 Å². The number of aryl methyl sites for hydroxylation is 1. The molecule has 3 nitrogen and oxygen atoms in total. The van der Waals surface area contributed by atoms with Gasteiger partial charge in [-0.25, -0.2) is 4.98 Å². The molecule has 1 atom stereocenters. The van der Waals surface area contributed by atoms with E-state index in [-0.39, 0.29) is 6.04 Å². The average molecular weight is 227 g/mol. The largest absolute Gasteiger partial charge is 0.326 e. The van der Waals surface area contributed by atoms with Crippen molar-refractivity contribution >= 4 is 11.3 Å². The first-order valence-corrected chi connectivity index (χ1v) is 6.36. The van der Waals surface area contributed by atoms with Gasteiger partial charge in [0.05, 0.1) is 5.01 Å². The Kier molecular flexibility index (Phi) is 5.22. The molecule has 2 N–H and O–H groups in total. The smallest absolute Gasteiger partial charge is 0.0896 e. The molecule has 15 heavy (non-hydrogen) atoms. The number of aromatic nitrogens is 1. The molecule has 0 fully saturated rings. The second kappa shape index (κ2) is 6.20. The van der Waals surface area contributed by atoms with Crippen LogP contribution in [0.25, 0.3) is 0 Å². The molecule has 0 spiro atoms. The monoisotopic (exact) mass is 227 g/mol. The SMILES string of the molecule is CCN(CC)CC(N)Cc1cnc(C)s1. The molecular weight excluding hydrogens is 206 g/mol. The van der Waals surface area contributed by atoms with E-state index >= 15 is 0 Å². The Balaban J connectivity index is 2.38. The zero-order valence-electron chi connectivity index (χ0n) is 9.86. The molecule has 1 rings (SSSR count). The summed E-state index contributed by atoms with van der Waals surface area (Å²) >= 11 is 1.75. The molecule has 0 radical (unpaired) electrons. The third-order valence-corrected chi connectivity index (χ3v) is 3.45. The molecule has 0 saturated carbocycles. The predicted molar refractivity (Wildman–Crippen MR) is 66.3 cm³/mol. The highest BCUT2D eigenvalue weighted by atomic mass is 32.1. The summed E-state index contributed by atoms with van der Waals surface area (Å²) < 4.78 is 0. The van der Waals surface area contributed by atoms with Crippen molar-refractivity contribution in [3.05, 3.63) is 16.1 Å². The Labute approximate surface area is 96.3 Å². The molecule has 0 aliphatic carbocycles. The van der Waals surface area contributed by atoms with Crippen molar-refractivity contribution in [1.82, 2.24) is 9.88 Å². The third-order valence-electron chi connectivity index (χ3n) is 2.52. The molecule has 0 aliphatic rings. The van der Waals surface area contributed by atoms with Gasteiger partial charge in [0.1, 0.15) is 0 Å². The second-order valence-corrected chi connectivity index (χ2v) is 5.11. The van der Waals surface area contributed by atoms with Crippen LogP contribution < -0.4 is 5.73 Å². The topological polar surface area (TPSA) is 42.1 Å². The standard InChI is InChI=1S/C11H21N3S/c1-4-14(5-2)8-10(12)6-11-7-13-9(3)15-11/h7,10H,4-6,8,12H2,1-3H3. The third kappa shape index (κ3) is 4.28. The molecule has 0 saturated heterocycles. The van der Waals surface area contributed by atoms with E-state index in [0.717, 1.165) is 31.1 Å². The van der Waals surface area contributed by atoms with E-state index in [0.29, 0.717) is 0 Å². The lowest BCUT2D eigenvalue weighted by atomic mass is 10.2. The fourth-order valence-corrected chi connectivity index (χ4v) is 2.52. The highest BCUT2D eigenvalue weighted by Gasteiger charge is 2.09. The number of hydrogen-bond acceptors (Lipinski definition) is 4. The van der Waals surface area contributed by atoms with Crippen LogP contribution in [0.15, 0.2) is 6.20 Å². The summed E-state index contributed by atoms with van der Waals surface area (Å²) in [6.45, 7) is 9.51. The lowest BCUT2D eigenvalue weighted by Gasteiger charge is -2.22. The fourth-order valence-electron chi connectivity index (χ4n) is 1.64. The van der Waals surface area contributed by atoms with E-state index in [9.17, 15) is 0 Å². The predicted octanol–water partition coefficient (Wildman–Crippen LogP) is 1.66. The van der Waals surface area contributed by atoms with Gasteiger partial charge in [-0.1, -0.05) is 13.8 Å². The summed E-state index contributed by atoms with van der Waals surface area (Å²) in [7, 11) is 0. The van der Waals surface area contributed by atoms with Crippen molar-refractivity contribution in [2.24, 2.45) is 5.73 Å². The summed E-state index contributed by atoms with van der Waals surface area (Å²) in [5.41, 5.74) is 6.10. The van der Waals surface area contributed by atoms with Gasteiger partial charge in [-0.2, -0.15) is 0 Å². The molecular formula is C11H21N3S. The molecule has 1 heterocycles. The Hall–Kier alpha value is -0.450. The van der Waals surface area contributed by atoms with Crippen LogP contribution >= 0.6 is 11.3 Å². The highest BCUT2D eigenvalue weighted by Crippen LogP contribution is 2.13. The van der Waals surface area contributed by atoms with Gasteiger partial charge in [0.25, 0.3) is 0 Å². The summed E-state index contributed by atoms with van der Waals surface area (Å²) in [6.07, 6.45) is 2.89. The average Bonchev–Trinajstić information content (AvgIpc) is 2.60. The van der Waals surface area contributed by atoms with Crippen LogP contribution in [-0.2, 0) is 6.42 Å². The first-order chi connectivity index (χ1) is 7.15. The van der Waals surface area contributed by atoms with Crippen molar-refractivity contribution in [3.8, 4) is 0 Å². The molecule has 1 unspecified atom stereocenters. The van der Waals surface area contributed by atoms with Crippen LogP contribution in [-0.4, -0.2) is 35.6 Å². The van der Waals surface area contributed by atoms with Gasteiger partial charge in [0.2, 0.25) is 0 Å². The molecule has 1 aromatic rings. The minimum Gasteiger partial charge on any atom is -0.326 e. The maximum absolute atomic E-state index is 6.10. The summed E-state index contributed by atoms with van der Waals surface area (Å²) in [5, 5.41) is 1.13. The van der Waals surface area contributed by atoms with Crippen LogP contribution in [0.1, 0.15) is 23.7 Å². The lowest BCUT2D eigenvalue weighted by Crippen LogP contribution is -2.38. The van der Waals surface area contributed by atoms with Gasteiger partial charge in [0.15, 0.2) is 0 Å². The number of nitrogens with two attached hydrogens (primary N) is 1. The minimum atomic E-state index is 0.227. The van der Waals surface area contributed by atoms with Crippen molar-refractivity contribution in [2.75, 3.05) is 19.6 Å². The van der Waals surface area contributed by atoms with Crippen molar-refractivity contribution < 1.29 is 0 Å². The second-order valence-electron chi connectivity index (χ2n) is 3.80. The Morgan fingerprint density at radius 2 is 2.13 bits per heavy atom. The Bertz CT molecular complexity index is 281. The summed E-state index contributed by atoms with van der Waals surface area (Å²) in [4.78, 5) is 7.90. The normalized spacial score (nSPS) is 13.4. The van der Waals surface area contributed by atoms with Gasteiger partial charge >= 0.3 is 0 Å². The number of hydrogen-bond donors (Lipinski definition) is 1. The van der Waals surface area contributed by atoms with E-state index in [4.69, 9.17) is 5.73 Å². The number of likely N-dealkylation sites (N-methyl/N-ethyl adjacent to an activating group) is 1. The summed E-state index contributed by atoms with van der Waals surface area (Å²) in [5.74, 6) is 0. The van der Waals surface area contributed by atoms with E-state index in [1.165, 1.54) is 4.88 Å². The van der Waals surface area contributed by atoms with Crippen LogP contribution in [0.3, 0.4) is 0 Å². The molecule has 0 aliphatic heterocycles. The van der Waals surface area contributed by atoms with Crippen molar-refractivity contribution in [1.29, 1.82) is 0 Å². The van der Waals surface area contributed by atoms with Crippen LogP contribution in [0, 0.1) is 6.92 Å². The first kappa shape index (κ1) is 12.6. The molecule has 86 valence electrons.